The van der Waals surface area contributed by atoms with E-state index in [4.69, 9.17) is 21.1 Å². The molecule has 2 aromatic carbocycles. The molecule has 0 saturated carbocycles. The molecule has 7 nitrogen and oxygen atoms in total. The Morgan fingerprint density at radius 1 is 1.14 bits per heavy atom. The van der Waals surface area contributed by atoms with E-state index >= 15 is 0 Å². The number of amides is 2. The van der Waals surface area contributed by atoms with Crippen LogP contribution in [0.15, 0.2) is 53.6 Å². The van der Waals surface area contributed by atoms with Gasteiger partial charge in [0.25, 0.3) is 11.8 Å². The van der Waals surface area contributed by atoms with Crippen LogP contribution in [0.4, 0.5) is 0 Å². The number of carbonyl (C=O) groups is 2. The number of carbonyl (C=O) groups excluding carboxylic acids is 2. The molecule has 29 heavy (non-hydrogen) atoms. The summed E-state index contributed by atoms with van der Waals surface area (Å²) in [6.07, 6.45) is 0. The molecular weight excluding hydrogens is 394 g/mol. The van der Waals surface area contributed by atoms with Crippen LogP contribution in [0, 0.1) is 0 Å². The van der Waals surface area contributed by atoms with Gasteiger partial charge in [0.1, 0.15) is 5.75 Å². The third-order valence-electron chi connectivity index (χ3n) is 4.41. The number of hydrogen-bond acceptors (Lipinski definition) is 5. The van der Waals surface area contributed by atoms with Gasteiger partial charge in [-0.2, -0.15) is 5.10 Å². The Kier molecular flexibility index (Phi) is 7.21. The lowest BCUT2D eigenvalue weighted by Gasteiger charge is -2.26. The van der Waals surface area contributed by atoms with Crippen molar-refractivity contribution < 1.29 is 19.1 Å². The molecule has 0 aromatic heterocycles. The Morgan fingerprint density at radius 3 is 2.55 bits per heavy atom. The van der Waals surface area contributed by atoms with E-state index in [0.29, 0.717) is 48.4 Å². The van der Waals surface area contributed by atoms with Crippen molar-refractivity contribution in [2.24, 2.45) is 5.10 Å². The molecule has 2 aromatic rings. The molecule has 2 amide bonds. The van der Waals surface area contributed by atoms with Gasteiger partial charge in [0.05, 0.1) is 18.9 Å². The van der Waals surface area contributed by atoms with E-state index in [1.165, 1.54) is 0 Å². The normalized spacial score (nSPS) is 14.4. The lowest BCUT2D eigenvalue weighted by molar-refractivity contribution is -0.137. The lowest BCUT2D eigenvalue weighted by atomic mass is 10.1. The maximum Gasteiger partial charge on any atom is 0.271 e. The summed E-state index contributed by atoms with van der Waals surface area (Å²) in [6, 6.07) is 13.8. The largest absolute Gasteiger partial charge is 0.484 e. The number of nitrogens with zero attached hydrogens (tertiary/aromatic N) is 2. The van der Waals surface area contributed by atoms with Crippen LogP contribution in [0.25, 0.3) is 0 Å². The summed E-state index contributed by atoms with van der Waals surface area (Å²) >= 11 is 5.89. The van der Waals surface area contributed by atoms with Crippen molar-refractivity contribution >= 4 is 29.1 Å². The topological polar surface area (TPSA) is 80.2 Å². The summed E-state index contributed by atoms with van der Waals surface area (Å²) < 4.78 is 10.8. The van der Waals surface area contributed by atoms with Crippen LogP contribution in [-0.2, 0) is 9.53 Å². The molecule has 152 valence electrons. The van der Waals surface area contributed by atoms with E-state index in [2.05, 4.69) is 10.5 Å². The highest BCUT2D eigenvalue weighted by Crippen LogP contribution is 2.14. The average molecular weight is 416 g/mol. The Morgan fingerprint density at radius 2 is 1.86 bits per heavy atom. The molecule has 1 aliphatic heterocycles. The minimum Gasteiger partial charge on any atom is -0.484 e. The first-order valence-corrected chi connectivity index (χ1v) is 9.59. The highest BCUT2D eigenvalue weighted by molar-refractivity contribution is 6.30. The minimum absolute atomic E-state index is 0.0118. The van der Waals surface area contributed by atoms with Crippen LogP contribution in [0.5, 0.6) is 5.75 Å². The minimum atomic E-state index is -0.339. The molecule has 1 saturated heterocycles. The van der Waals surface area contributed by atoms with Crippen LogP contribution in [0.2, 0.25) is 5.02 Å². The second-order valence-electron chi connectivity index (χ2n) is 6.45. The predicted molar refractivity (Wildman–Crippen MR) is 110 cm³/mol. The van der Waals surface area contributed by atoms with Crippen molar-refractivity contribution in [3.8, 4) is 5.75 Å². The number of rotatable bonds is 6. The summed E-state index contributed by atoms with van der Waals surface area (Å²) in [7, 11) is 0. The Labute approximate surface area is 174 Å². The van der Waals surface area contributed by atoms with E-state index in [1.807, 2.05) is 12.1 Å². The van der Waals surface area contributed by atoms with Gasteiger partial charge in [0.15, 0.2) is 6.61 Å². The van der Waals surface area contributed by atoms with Crippen molar-refractivity contribution in [1.29, 1.82) is 0 Å². The Hall–Kier alpha value is -2.90. The fourth-order valence-corrected chi connectivity index (χ4v) is 2.93. The molecule has 3 rings (SSSR count). The molecule has 8 heteroatoms. The maximum absolute atomic E-state index is 12.1. The summed E-state index contributed by atoms with van der Waals surface area (Å²) in [5, 5.41) is 4.61. The second kappa shape index (κ2) is 10.0. The summed E-state index contributed by atoms with van der Waals surface area (Å²) in [4.78, 5) is 26.0. The molecule has 1 aliphatic rings. The highest BCUT2D eigenvalue weighted by atomic mass is 35.5. The fraction of sp³-hybridized carbons (Fsp3) is 0.286. The molecule has 0 atom stereocenters. The number of morpholine rings is 1. The molecular formula is C21H22ClN3O4. The van der Waals surface area contributed by atoms with E-state index in [-0.39, 0.29) is 18.4 Å². The lowest BCUT2D eigenvalue weighted by Crippen LogP contribution is -2.42. The summed E-state index contributed by atoms with van der Waals surface area (Å²) in [5.74, 6) is 0.193. The molecule has 1 heterocycles. The van der Waals surface area contributed by atoms with Gasteiger partial charge in [-0.3, -0.25) is 9.59 Å². The van der Waals surface area contributed by atoms with Crippen molar-refractivity contribution in [2.75, 3.05) is 32.9 Å². The number of nitrogens with one attached hydrogen (secondary N) is 1. The average Bonchev–Trinajstić information content (AvgIpc) is 2.76. The smallest absolute Gasteiger partial charge is 0.271 e. The van der Waals surface area contributed by atoms with Gasteiger partial charge < -0.3 is 14.4 Å². The van der Waals surface area contributed by atoms with Gasteiger partial charge in [0.2, 0.25) is 0 Å². The zero-order valence-electron chi connectivity index (χ0n) is 16.1. The van der Waals surface area contributed by atoms with E-state index < -0.39 is 0 Å². The number of ether oxygens (including phenoxy) is 2. The number of hydrazone groups is 1. The van der Waals surface area contributed by atoms with Gasteiger partial charge in [0, 0.05) is 23.7 Å². The third kappa shape index (κ3) is 6.04. The third-order valence-corrected chi connectivity index (χ3v) is 4.65. The van der Waals surface area contributed by atoms with Crippen molar-refractivity contribution in [2.45, 2.75) is 6.92 Å². The monoisotopic (exact) mass is 415 g/mol. The van der Waals surface area contributed by atoms with Gasteiger partial charge in [-0.15, -0.1) is 0 Å². The maximum atomic E-state index is 12.1. The zero-order chi connectivity index (χ0) is 20.6. The zero-order valence-corrected chi connectivity index (χ0v) is 16.8. The van der Waals surface area contributed by atoms with Crippen molar-refractivity contribution in [3.63, 3.8) is 0 Å². The summed E-state index contributed by atoms with van der Waals surface area (Å²) in [6.45, 7) is 4.09. The van der Waals surface area contributed by atoms with Crippen LogP contribution >= 0.6 is 11.6 Å². The first-order valence-electron chi connectivity index (χ1n) is 9.22. The van der Waals surface area contributed by atoms with Crippen LogP contribution in [0.3, 0.4) is 0 Å². The molecule has 0 bridgehead atoms. The molecule has 0 spiro atoms. The highest BCUT2D eigenvalue weighted by Gasteiger charge is 2.17. The number of halogens is 1. The van der Waals surface area contributed by atoms with Gasteiger partial charge >= 0.3 is 0 Å². The SMILES string of the molecule is C/C(=N/NC(=O)c1cccc(Cl)c1)c1ccc(OCC(=O)N2CCOCC2)cc1. The first-order chi connectivity index (χ1) is 14.0. The quantitative estimate of drug-likeness (QED) is 0.581. The van der Waals surface area contributed by atoms with Crippen LogP contribution in [0.1, 0.15) is 22.8 Å². The fourth-order valence-electron chi connectivity index (χ4n) is 2.73. The van der Waals surface area contributed by atoms with Crippen LogP contribution < -0.4 is 10.2 Å². The predicted octanol–water partition coefficient (Wildman–Crippen LogP) is 2.73. The standard InChI is InChI=1S/C21H22ClN3O4/c1-15(23-24-21(27)17-3-2-4-18(22)13-17)16-5-7-19(8-6-16)29-14-20(26)25-9-11-28-12-10-25/h2-8,13H,9-12,14H2,1H3,(H,24,27)/b23-15-. The summed E-state index contributed by atoms with van der Waals surface area (Å²) in [5.41, 5.74) is 4.41. The molecule has 1 N–H and O–H groups in total. The van der Waals surface area contributed by atoms with Gasteiger partial charge in [-0.05, 0) is 55.0 Å². The van der Waals surface area contributed by atoms with Crippen molar-refractivity contribution in [1.82, 2.24) is 10.3 Å². The number of benzene rings is 2. The van der Waals surface area contributed by atoms with Gasteiger partial charge in [-0.25, -0.2) is 5.43 Å². The Bertz CT molecular complexity index is 893. The second-order valence-corrected chi connectivity index (χ2v) is 6.89. The molecule has 0 unspecified atom stereocenters. The molecule has 0 radical (unpaired) electrons. The van der Waals surface area contributed by atoms with E-state index in [1.54, 1.807) is 48.2 Å². The van der Waals surface area contributed by atoms with Crippen molar-refractivity contribution in [3.05, 3.63) is 64.7 Å². The molecule has 0 aliphatic carbocycles. The van der Waals surface area contributed by atoms with Crippen LogP contribution in [-0.4, -0.2) is 55.3 Å². The van der Waals surface area contributed by atoms with E-state index in [0.717, 1.165) is 5.56 Å². The van der Waals surface area contributed by atoms with Gasteiger partial charge in [-0.1, -0.05) is 17.7 Å². The first kappa shape index (κ1) is 20.8. The molecule has 1 fully saturated rings. The number of hydrogen-bond donors (Lipinski definition) is 1. The Balaban J connectivity index is 1.52. The van der Waals surface area contributed by atoms with E-state index in [9.17, 15) is 9.59 Å².